The molecule has 266 valence electrons. The fraction of sp³-hybridized carbons (Fsp3) is 0.146. The van der Waals surface area contributed by atoms with Gasteiger partial charge in [0, 0.05) is 27.8 Å². The predicted octanol–water partition coefficient (Wildman–Crippen LogP) is 12.2. The predicted molar refractivity (Wildman–Crippen MR) is 228 cm³/mol. The lowest BCUT2D eigenvalue weighted by molar-refractivity contribution is -0.669. The van der Waals surface area contributed by atoms with Crippen LogP contribution < -0.4 is 18.9 Å². The largest absolute Gasteiger partial charge is 0.491 e. The molecule has 4 nitrogen and oxygen atoms in total. The second-order valence-electron chi connectivity index (χ2n) is 13.6. The highest BCUT2D eigenvalue weighted by Crippen LogP contribution is 2.46. The first kappa shape index (κ1) is 34.2. The van der Waals surface area contributed by atoms with Crippen molar-refractivity contribution in [1.29, 1.82) is 0 Å². The van der Waals surface area contributed by atoms with Crippen LogP contribution in [0.2, 0.25) is 0 Å². The van der Waals surface area contributed by atoms with Crippen LogP contribution in [0.1, 0.15) is 24.3 Å². The van der Waals surface area contributed by atoms with Gasteiger partial charge in [-0.15, -0.1) is 0 Å². The molecule has 6 heteroatoms. The number of thiazole rings is 1. The number of allylic oxidation sites excluding steroid dienone is 6. The van der Waals surface area contributed by atoms with Crippen LogP contribution in [-0.4, -0.2) is 19.8 Å². The maximum atomic E-state index is 6.38. The zero-order chi connectivity index (χ0) is 36.1. The van der Waals surface area contributed by atoms with E-state index in [2.05, 4.69) is 173 Å². The Balaban J connectivity index is 0.912. The number of anilines is 1. The number of nitrogens with zero attached hydrogens (tertiary/aromatic N) is 2. The minimum Gasteiger partial charge on any atom is -0.491 e. The normalized spacial score (nSPS) is 15.9. The Hall–Kier alpha value is -5.56. The summed E-state index contributed by atoms with van der Waals surface area (Å²) < 4.78 is 16.5. The number of benzene rings is 6. The number of hydrogen-bond acceptors (Lipinski definition) is 5. The minimum absolute atomic E-state index is 0.596. The molecule has 0 bridgehead atoms. The molecular formula is C48H41N2O2S2+. The molecule has 9 rings (SSSR count). The molecular weight excluding hydrogens is 701 g/mol. The molecule has 6 aromatic carbocycles. The van der Waals surface area contributed by atoms with Gasteiger partial charge in [0.15, 0.2) is 6.54 Å². The fourth-order valence-corrected chi connectivity index (χ4v) is 9.63. The van der Waals surface area contributed by atoms with Crippen molar-refractivity contribution in [2.45, 2.75) is 30.7 Å². The van der Waals surface area contributed by atoms with Gasteiger partial charge in [-0.3, -0.25) is 0 Å². The van der Waals surface area contributed by atoms with Crippen LogP contribution in [0, 0.1) is 0 Å². The number of rotatable bonds is 11. The summed E-state index contributed by atoms with van der Waals surface area (Å²) in [6.45, 7) is 2.74. The smallest absolute Gasteiger partial charge is 0.262 e. The lowest BCUT2D eigenvalue weighted by Crippen LogP contribution is -2.38. The molecule has 0 saturated carbocycles. The lowest BCUT2D eigenvalue weighted by Gasteiger charge is -2.21. The minimum atomic E-state index is 0.596. The van der Waals surface area contributed by atoms with Gasteiger partial charge in [-0.2, -0.15) is 4.57 Å². The summed E-state index contributed by atoms with van der Waals surface area (Å²) in [7, 11) is 0. The Morgan fingerprint density at radius 2 is 1.33 bits per heavy atom. The first-order valence-electron chi connectivity index (χ1n) is 18.7. The van der Waals surface area contributed by atoms with Crippen LogP contribution in [0.15, 0.2) is 179 Å². The topological polar surface area (TPSA) is 25.6 Å². The van der Waals surface area contributed by atoms with E-state index >= 15 is 0 Å². The van der Waals surface area contributed by atoms with Gasteiger partial charge >= 0.3 is 0 Å². The van der Waals surface area contributed by atoms with Gasteiger partial charge in [-0.25, -0.2) is 0 Å². The Bertz CT molecular complexity index is 2590. The van der Waals surface area contributed by atoms with E-state index in [4.69, 9.17) is 9.47 Å². The van der Waals surface area contributed by atoms with Crippen molar-refractivity contribution in [2.24, 2.45) is 0 Å². The van der Waals surface area contributed by atoms with Crippen molar-refractivity contribution >= 4 is 66.6 Å². The molecule has 0 fully saturated rings. The van der Waals surface area contributed by atoms with Gasteiger partial charge in [0.25, 0.3) is 5.01 Å². The molecule has 1 aromatic heterocycles. The van der Waals surface area contributed by atoms with Crippen molar-refractivity contribution in [1.82, 2.24) is 0 Å². The van der Waals surface area contributed by atoms with E-state index in [-0.39, 0.29) is 0 Å². The van der Waals surface area contributed by atoms with E-state index in [1.165, 1.54) is 52.8 Å². The van der Waals surface area contributed by atoms with Crippen molar-refractivity contribution in [3.8, 4) is 11.5 Å². The molecule has 54 heavy (non-hydrogen) atoms. The molecule has 0 saturated heterocycles. The summed E-state index contributed by atoms with van der Waals surface area (Å²) in [4.78, 5) is 3.69. The van der Waals surface area contributed by atoms with Gasteiger partial charge in [-0.05, 0) is 77.6 Å². The van der Waals surface area contributed by atoms with Gasteiger partial charge in [0.2, 0.25) is 5.52 Å². The number of hydrogen-bond donors (Lipinski definition) is 0. The third-order valence-electron chi connectivity index (χ3n) is 10.1. The summed E-state index contributed by atoms with van der Waals surface area (Å²) in [5.41, 5.74) is 5.22. The molecule has 0 atom stereocenters. The molecule has 0 spiro atoms. The molecule has 7 aromatic rings. The van der Waals surface area contributed by atoms with E-state index < -0.39 is 0 Å². The van der Waals surface area contributed by atoms with Crippen molar-refractivity contribution < 1.29 is 14.0 Å². The Morgan fingerprint density at radius 3 is 2.15 bits per heavy atom. The lowest BCUT2D eigenvalue weighted by atomic mass is 9.94. The zero-order valence-corrected chi connectivity index (χ0v) is 31.7. The summed E-state index contributed by atoms with van der Waals surface area (Å²) in [6.07, 6.45) is 14.9. The molecule has 0 amide bonds. The van der Waals surface area contributed by atoms with Crippen LogP contribution >= 0.6 is 23.1 Å². The summed E-state index contributed by atoms with van der Waals surface area (Å²) in [5, 5.41) is 7.17. The summed E-state index contributed by atoms with van der Waals surface area (Å²) in [6, 6.07) is 46.7. The maximum Gasteiger partial charge on any atom is 0.262 e. The van der Waals surface area contributed by atoms with Crippen molar-refractivity contribution in [3.05, 3.63) is 179 Å². The van der Waals surface area contributed by atoms with E-state index in [1.54, 1.807) is 0 Å². The SMILES string of the molecule is C(=Cc1sc2ccccc2[n+]1CCOc1cccc2ccccc12)C1=CC(=CC=C2Sc3ccccc3N2CCOc2cccc3ccccc23)CCC1. The van der Waals surface area contributed by atoms with Gasteiger partial charge in [-0.1, -0.05) is 138 Å². The van der Waals surface area contributed by atoms with Crippen LogP contribution in [0.4, 0.5) is 5.69 Å². The molecule has 2 heterocycles. The molecule has 0 N–H and O–H groups in total. The van der Waals surface area contributed by atoms with Gasteiger partial charge < -0.3 is 14.4 Å². The highest BCUT2D eigenvalue weighted by atomic mass is 32.2. The van der Waals surface area contributed by atoms with E-state index in [1.807, 2.05) is 23.1 Å². The second-order valence-corrected chi connectivity index (χ2v) is 15.7. The Kier molecular flexibility index (Phi) is 10.0. The van der Waals surface area contributed by atoms with E-state index in [0.29, 0.717) is 13.2 Å². The van der Waals surface area contributed by atoms with Crippen LogP contribution in [0.25, 0.3) is 37.8 Å². The average molecular weight is 742 g/mol. The fourth-order valence-electron chi connectivity index (χ4n) is 7.45. The number of para-hydroxylation sites is 2. The maximum absolute atomic E-state index is 6.38. The first-order valence-corrected chi connectivity index (χ1v) is 20.4. The average Bonchev–Trinajstić information content (AvgIpc) is 3.77. The third-order valence-corrected chi connectivity index (χ3v) is 12.4. The highest BCUT2D eigenvalue weighted by molar-refractivity contribution is 8.03. The number of aromatic nitrogens is 1. The molecule has 1 aliphatic carbocycles. The van der Waals surface area contributed by atoms with Crippen LogP contribution in [0.5, 0.6) is 11.5 Å². The monoisotopic (exact) mass is 741 g/mol. The molecule has 1 aliphatic heterocycles. The van der Waals surface area contributed by atoms with Crippen molar-refractivity contribution in [3.63, 3.8) is 0 Å². The molecule has 2 aliphatic rings. The number of ether oxygens (including phenoxy) is 2. The quantitative estimate of drug-likeness (QED) is 0.123. The molecule has 0 unspecified atom stereocenters. The summed E-state index contributed by atoms with van der Waals surface area (Å²) in [5.74, 6) is 1.87. The number of thioether (sulfide) groups is 1. The van der Waals surface area contributed by atoms with E-state index in [9.17, 15) is 0 Å². The standard InChI is InChI=1S/C48H41N2O2S2/c1-3-18-39-37(14-1)16-10-22-43(39)51-32-30-49-41-20-5-7-24-45(41)53-47(49)28-26-35-12-9-13-36(34-35)27-29-48-50(42-21-6-8-25-46(42)54-48)31-33-52-44-23-11-17-38-15-2-4-19-40(38)44/h1-8,10-11,14-29,34H,9,12-13,30-33H2/q+1. The van der Waals surface area contributed by atoms with Gasteiger partial charge in [0.1, 0.15) is 29.4 Å². The van der Waals surface area contributed by atoms with Crippen LogP contribution in [0.3, 0.4) is 0 Å². The highest BCUT2D eigenvalue weighted by Gasteiger charge is 2.24. The van der Waals surface area contributed by atoms with Gasteiger partial charge in [0.05, 0.1) is 17.3 Å². The van der Waals surface area contributed by atoms with Crippen molar-refractivity contribution in [2.75, 3.05) is 24.7 Å². The summed E-state index contributed by atoms with van der Waals surface area (Å²) >= 11 is 3.68. The Morgan fingerprint density at radius 1 is 0.648 bits per heavy atom. The Labute approximate surface area is 325 Å². The second kappa shape index (κ2) is 15.8. The first-order chi connectivity index (χ1) is 26.8. The third kappa shape index (κ3) is 7.32. The zero-order valence-electron chi connectivity index (χ0n) is 30.1. The van der Waals surface area contributed by atoms with E-state index in [0.717, 1.165) is 54.6 Å². The van der Waals surface area contributed by atoms with Crippen LogP contribution in [-0.2, 0) is 6.54 Å². The molecule has 0 radical (unpaired) electrons. The number of fused-ring (bicyclic) bond motifs is 4.